The summed E-state index contributed by atoms with van der Waals surface area (Å²) in [5, 5.41) is 0.587. The molecule has 1 aromatic carbocycles. The van der Waals surface area contributed by atoms with Crippen molar-refractivity contribution >= 4 is 11.6 Å². The Labute approximate surface area is 115 Å². The smallest absolute Gasteiger partial charge is 0.254 e. The fourth-order valence-corrected chi connectivity index (χ4v) is 2.59. The van der Waals surface area contributed by atoms with Crippen molar-refractivity contribution in [3.8, 4) is 17.1 Å². The molecule has 0 aliphatic heterocycles. The first-order chi connectivity index (χ1) is 9.19. The molecule has 0 amide bonds. The van der Waals surface area contributed by atoms with E-state index in [9.17, 15) is 4.79 Å². The zero-order valence-electron chi connectivity index (χ0n) is 10.5. The Morgan fingerprint density at radius 1 is 1.37 bits per heavy atom. The van der Waals surface area contributed by atoms with Gasteiger partial charge in [-0.25, -0.2) is 4.98 Å². The number of fused-ring (bicyclic) bond motifs is 1. The highest BCUT2D eigenvalue weighted by Gasteiger charge is 2.18. The van der Waals surface area contributed by atoms with Gasteiger partial charge >= 0.3 is 0 Å². The molecule has 0 radical (unpaired) electrons. The summed E-state index contributed by atoms with van der Waals surface area (Å²) >= 11 is 5.94. The van der Waals surface area contributed by atoms with Crippen LogP contribution in [0, 0.1) is 0 Å². The van der Waals surface area contributed by atoms with Gasteiger partial charge in [-0.3, -0.25) is 4.79 Å². The third-order valence-corrected chi connectivity index (χ3v) is 3.60. The highest BCUT2D eigenvalue weighted by atomic mass is 35.5. The average molecular weight is 277 g/mol. The molecule has 3 rings (SSSR count). The monoisotopic (exact) mass is 276 g/mol. The maximum Gasteiger partial charge on any atom is 0.254 e. The minimum atomic E-state index is -0.0468. The standard InChI is InChI=1S/C14H13ClN2O2/c1-19-12-7-8(15)5-6-10(12)13-16-11-4-2-3-9(11)14(18)17-13/h5-7H,2-4H2,1H3,(H,16,17,18). The third-order valence-electron chi connectivity index (χ3n) is 3.36. The van der Waals surface area contributed by atoms with E-state index in [0.29, 0.717) is 16.6 Å². The number of aryl methyl sites for hydroxylation is 1. The summed E-state index contributed by atoms with van der Waals surface area (Å²) in [7, 11) is 1.57. The summed E-state index contributed by atoms with van der Waals surface area (Å²) < 4.78 is 5.29. The number of hydrogen-bond donors (Lipinski definition) is 1. The zero-order valence-corrected chi connectivity index (χ0v) is 11.3. The topological polar surface area (TPSA) is 55.0 Å². The first-order valence-electron chi connectivity index (χ1n) is 6.15. The molecule has 2 aromatic rings. The number of nitrogens with zero attached hydrogens (tertiary/aromatic N) is 1. The third kappa shape index (κ3) is 2.12. The molecule has 4 nitrogen and oxygen atoms in total. The lowest BCUT2D eigenvalue weighted by Gasteiger charge is -2.09. The minimum absolute atomic E-state index is 0.0468. The predicted molar refractivity (Wildman–Crippen MR) is 73.9 cm³/mol. The van der Waals surface area contributed by atoms with Gasteiger partial charge in [0, 0.05) is 10.6 Å². The molecule has 19 heavy (non-hydrogen) atoms. The number of aromatic amines is 1. The van der Waals surface area contributed by atoms with Gasteiger partial charge in [0.25, 0.3) is 5.56 Å². The molecule has 1 N–H and O–H groups in total. The van der Waals surface area contributed by atoms with E-state index in [-0.39, 0.29) is 5.56 Å². The molecule has 0 bridgehead atoms. The fraction of sp³-hybridized carbons (Fsp3) is 0.286. The number of H-pyrrole nitrogens is 1. The second kappa shape index (κ2) is 4.70. The maximum absolute atomic E-state index is 12.0. The largest absolute Gasteiger partial charge is 0.496 e. The Hall–Kier alpha value is -1.81. The van der Waals surface area contributed by atoms with E-state index in [1.165, 1.54) is 0 Å². The van der Waals surface area contributed by atoms with E-state index in [2.05, 4.69) is 9.97 Å². The SMILES string of the molecule is COc1cc(Cl)ccc1-c1nc2c(c(=O)[nH]1)CCC2. The molecule has 0 saturated carbocycles. The summed E-state index contributed by atoms with van der Waals surface area (Å²) in [5.41, 5.74) is 2.42. The van der Waals surface area contributed by atoms with Crippen molar-refractivity contribution in [3.63, 3.8) is 0 Å². The molecule has 1 aromatic heterocycles. The lowest BCUT2D eigenvalue weighted by molar-refractivity contribution is 0.416. The van der Waals surface area contributed by atoms with Crippen molar-refractivity contribution in [2.24, 2.45) is 0 Å². The van der Waals surface area contributed by atoms with Crippen molar-refractivity contribution in [2.45, 2.75) is 19.3 Å². The van der Waals surface area contributed by atoms with Gasteiger partial charge in [-0.1, -0.05) is 11.6 Å². The number of ether oxygens (including phenoxy) is 1. The average Bonchev–Trinajstić information content (AvgIpc) is 2.87. The number of halogens is 1. The van der Waals surface area contributed by atoms with Crippen LogP contribution in [-0.2, 0) is 12.8 Å². The van der Waals surface area contributed by atoms with Crippen LogP contribution in [0.5, 0.6) is 5.75 Å². The van der Waals surface area contributed by atoms with Gasteiger partial charge in [0.15, 0.2) is 0 Å². The van der Waals surface area contributed by atoms with Crippen LogP contribution in [-0.4, -0.2) is 17.1 Å². The van der Waals surface area contributed by atoms with Crippen LogP contribution >= 0.6 is 11.6 Å². The normalized spacial score (nSPS) is 13.4. The molecule has 1 aliphatic carbocycles. The summed E-state index contributed by atoms with van der Waals surface area (Å²) in [5.74, 6) is 1.15. The van der Waals surface area contributed by atoms with Gasteiger partial charge in [0.05, 0.1) is 18.4 Å². The Morgan fingerprint density at radius 2 is 2.21 bits per heavy atom. The van der Waals surface area contributed by atoms with Gasteiger partial charge in [-0.15, -0.1) is 0 Å². The van der Waals surface area contributed by atoms with Crippen LogP contribution in [0.3, 0.4) is 0 Å². The van der Waals surface area contributed by atoms with E-state index in [1.54, 1.807) is 25.3 Å². The van der Waals surface area contributed by atoms with Crippen molar-refractivity contribution in [1.29, 1.82) is 0 Å². The molecular weight excluding hydrogens is 264 g/mol. The van der Waals surface area contributed by atoms with Crippen LogP contribution in [0.25, 0.3) is 11.4 Å². The first-order valence-corrected chi connectivity index (χ1v) is 6.53. The lowest BCUT2D eigenvalue weighted by atomic mass is 10.1. The summed E-state index contributed by atoms with van der Waals surface area (Å²) in [6, 6.07) is 5.28. The quantitative estimate of drug-likeness (QED) is 0.917. The van der Waals surface area contributed by atoms with E-state index in [0.717, 1.165) is 36.1 Å². The van der Waals surface area contributed by atoms with Crippen LogP contribution in [0.2, 0.25) is 5.02 Å². The van der Waals surface area contributed by atoms with Crippen LogP contribution in [0.1, 0.15) is 17.7 Å². The van der Waals surface area contributed by atoms with Crippen molar-refractivity contribution in [3.05, 3.63) is 44.8 Å². The highest BCUT2D eigenvalue weighted by molar-refractivity contribution is 6.30. The number of aromatic nitrogens is 2. The van der Waals surface area contributed by atoms with Gasteiger partial charge < -0.3 is 9.72 Å². The molecule has 0 atom stereocenters. The molecule has 0 unspecified atom stereocenters. The highest BCUT2D eigenvalue weighted by Crippen LogP contribution is 2.30. The molecule has 0 spiro atoms. The van der Waals surface area contributed by atoms with E-state index >= 15 is 0 Å². The van der Waals surface area contributed by atoms with Gasteiger partial charge in [-0.2, -0.15) is 0 Å². The molecule has 5 heteroatoms. The maximum atomic E-state index is 12.0. The molecule has 98 valence electrons. The number of rotatable bonds is 2. The van der Waals surface area contributed by atoms with Crippen LogP contribution < -0.4 is 10.3 Å². The first kappa shape index (κ1) is 12.2. The second-order valence-corrected chi connectivity index (χ2v) is 4.97. The van der Waals surface area contributed by atoms with Gasteiger partial charge in [0.1, 0.15) is 11.6 Å². The van der Waals surface area contributed by atoms with Crippen molar-refractivity contribution in [2.75, 3.05) is 7.11 Å². The van der Waals surface area contributed by atoms with Gasteiger partial charge in [-0.05, 0) is 37.5 Å². The minimum Gasteiger partial charge on any atom is -0.496 e. The fourth-order valence-electron chi connectivity index (χ4n) is 2.43. The summed E-state index contributed by atoms with van der Waals surface area (Å²) in [6.07, 6.45) is 2.67. The van der Waals surface area contributed by atoms with E-state index in [1.807, 2.05) is 0 Å². The Kier molecular flexibility index (Phi) is 3.03. The Bertz CT molecular complexity index is 694. The van der Waals surface area contributed by atoms with Crippen LogP contribution in [0.15, 0.2) is 23.0 Å². The van der Waals surface area contributed by atoms with E-state index < -0.39 is 0 Å². The number of benzene rings is 1. The Balaban J connectivity index is 2.18. The van der Waals surface area contributed by atoms with Crippen molar-refractivity contribution < 1.29 is 4.74 Å². The predicted octanol–water partition coefficient (Wildman–Crippen LogP) is 2.59. The van der Waals surface area contributed by atoms with Crippen LogP contribution in [0.4, 0.5) is 0 Å². The number of hydrogen-bond acceptors (Lipinski definition) is 3. The summed E-state index contributed by atoms with van der Waals surface area (Å²) in [4.78, 5) is 19.4. The van der Waals surface area contributed by atoms with E-state index in [4.69, 9.17) is 16.3 Å². The number of nitrogens with one attached hydrogen (secondary N) is 1. The lowest BCUT2D eigenvalue weighted by Crippen LogP contribution is -2.15. The van der Waals surface area contributed by atoms with Crippen molar-refractivity contribution in [1.82, 2.24) is 9.97 Å². The van der Waals surface area contributed by atoms with Gasteiger partial charge in [0.2, 0.25) is 0 Å². The zero-order chi connectivity index (χ0) is 13.4. The Morgan fingerprint density at radius 3 is 3.00 bits per heavy atom. The molecule has 0 fully saturated rings. The number of methoxy groups -OCH3 is 1. The molecular formula is C14H13ClN2O2. The molecule has 1 heterocycles. The summed E-state index contributed by atoms with van der Waals surface area (Å²) in [6.45, 7) is 0. The molecule has 1 aliphatic rings. The second-order valence-electron chi connectivity index (χ2n) is 4.54. The molecule has 0 saturated heterocycles.